The quantitative estimate of drug-likeness (QED) is 0.551. The van der Waals surface area contributed by atoms with E-state index in [4.69, 9.17) is 0 Å². The van der Waals surface area contributed by atoms with Crippen molar-refractivity contribution in [3.05, 3.63) is 23.8 Å². The highest BCUT2D eigenvalue weighted by atomic mass is 32.1. The number of rotatable bonds is 0. The molecule has 1 aliphatic heterocycles. The largest absolute Gasteiger partial charge is 0.173 e. The molecule has 0 unspecified atom stereocenters. The van der Waals surface area contributed by atoms with Crippen molar-refractivity contribution in [2.45, 2.75) is 6.92 Å². The summed E-state index contributed by atoms with van der Waals surface area (Å²) in [6.07, 6.45) is 0. The van der Waals surface area contributed by atoms with Crippen LogP contribution in [0.25, 0.3) is 0 Å². The van der Waals surface area contributed by atoms with Gasteiger partial charge in [0.25, 0.3) is 0 Å². The van der Waals surface area contributed by atoms with Crippen LogP contribution in [0.4, 0.5) is 11.4 Å². The minimum Gasteiger partial charge on any atom is -0.173 e. The second kappa shape index (κ2) is 2.02. The summed E-state index contributed by atoms with van der Waals surface area (Å²) in [6.45, 7) is 2.05. The summed E-state index contributed by atoms with van der Waals surface area (Å²) >= 11 is 1.27. The highest BCUT2D eigenvalue weighted by Gasteiger charge is 2.04. The molecule has 3 heteroatoms. The molecular formula is C7H6N2S. The van der Waals surface area contributed by atoms with Crippen LogP contribution < -0.4 is 0 Å². The molecule has 0 fully saturated rings. The standard InChI is InChI=1S/C7H6N2S/c1-5-3-2-4-6-7(5)9-10-8-6/h2-4H,1H3. The lowest BCUT2D eigenvalue weighted by Crippen LogP contribution is -1.69. The fourth-order valence-corrected chi connectivity index (χ4v) is 1.54. The Kier molecular flexibility index (Phi) is 1.17. The summed E-state index contributed by atoms with van der Waals surface area (Å²) < 4.78 is 8.26. The lowest BCUT2D eigenvalue weighted by Gasteiger charge is -1.95. The van der Waals surface area contributed by atoms with Crippen molar-refractivity contribution in [2.75, 3.05) is 0 Å². The van der Waals surface area contributed by atoms with Gasteiger partial charge in [-0.05, 0) is 18.6 Å². The summed E-state index contributed by atoms with van der Waals surface area (Å²) in [5.41, 5.74) is 3.24. The van der Waals surface area contributed by atoms with Crippen molar-refractivity contribution in [1.29, 1.82) is 0 Å². The Morgan fingerprint density at radius 1 is 1.30 bits per heavy atom. The fourth-order valence-electron chi connectivity index (χ4n) is 0.941. The summed E-state index contributed by atoms with van der Waals surface area (Å²) in [5.74, 6) is 0. The summed E-state index contributed by atoms with van der Waals surface area (Å²) in [4.78, 5) is 0. The smallest absolute Gasteiger partial charge is 0.107 e. The second-order valence-corrected chi connectivity index (χ2v) is 2.74. The third-order valence-electron chi connectivity index (χ3n) is 1.49. The van der Waals surface area contributed by atoms with Crippen LogP contribution in [0.1, 0.15) is 5.56 Å². The van der Waals surface area contributed by atoms with Crippen molar-refractivity contribution in [1.82, 2.24) is 0 Å². The van der Waals surface area contributed by atoms with Gasteiger partial charge in [0.1, 0.15) is 11.4 Å². The molecule has 1 aliphatic rings. The molecule has 0 amide bonds. The first-order chi connectivity index (χ1) is 4.88. The number of benzene rings is 1. The van der Waals surface area contributed by atoms with Crippen LogP contribution in [0.15, 0.2) is 26.9 Å². The van der Waals surface area contributed by atoms with Crippen LogP contribution in [0.2, 0.25) is 0 Å². The van der Waals surface area contributed by atoms with Crippen molar-refractivity contribution in [2.24, 2.45) is 8.73 Å². The monoisotopic (exact) mass is 150 g/mol. The van der Waals surface area contributed by atoms with E-state index in [0.29, 0.717) is 0 Å². The summed E-state index contributed by atoms with van der Waals surface area (Å²) in [5, 5.41) is 0. The van der Waals surface area contributed by atoms with E-state index >= 15 is 0 Å². The van der Waals surface area contributed by atoms with Gasteiger partial charge in [0.2, 0.25) is 0 Å². The number of nitrogens with zero attached hydrogens (tertiary/aromatic N) is 2. The Hall–Kier alpha value is -0.960. The number of hydrogen-bond acceptors (Lipinski definition) is 2. The van der Waals surface area contributed by atoms with E-state index in [1.807, 2.05) is 25.1 Å². The lowest BCUT2D eigenvalue weighted by atomic mass is 10.2. The number of hydrogen-bond donors (Lipinski definition) is 0. The molecule has 1 aromatic rings. The third-order valence-corrected chi connectivity index (χ3v) is 2.03. The van der Waals surface area contributed by atoms with E-state index in [9.17, 15) is 0 Å². The van der Waals surface area contributed by atoms with E-state index in [1.54, 1.807) is 0 Å². The van der Waals surface area contributed by atoms with Crippen LogP contribution in [-0.4, -0.2) is 0 Å². The Morgan fingerprint density at radius 2 is 2.20 bits per heavy atom. The van der Waals surface area contributed by atoms with Gasteiger partial charge >= 0.3 is 0 Å². The lowest BCUT2D eigenvalue weighted by molar-refractivity contribution is 1.42. The maximum atomic E-state index is 4.15. The molecule has 0 saturated heterocycles. The molecule has 0 radical (unpaired) electrons. The topological polar surface area (TPSA) is 24.7 Å². The Balaban J connectivity index is 2.75. The Bertz CT molecular complexity index is 337. The number of aryl methyl sites for hydroxylation is 1. The first-order valence-corrected chi connectivity index (χ1v) is 3.79. The molecule has 2 nitrogen and oxygen atoms in total. The van der Waals surface area contributed by atoms with E-state index in [-0.39, 0.29) is 0 Å². The predicted octanol–water partition coefficient (Wildman–Crippen LogP) is 2.72. The first kappa shape index (κ1) is 5.80. The van der Waals surface area contributed by atoms with Crippen LogP contribution in [0, 0.1) is 6.92 Å². The maximum Gasteiger partial charge on any atom is 0.107 e. The average molecular weight is 150 g/mol. The molecule has 0 aliphatic carbocycles. The van der Waals surface area contributed by atoms with Crippen LogP contribution in [0.3, 0.4) is 0 Å². The molecule has 0 atom stereocenters. The van der Waals surface area contributed by atoms with E-state index < -0.39 is 0 Å². The van der Waals surface area contributed by atoms with Gasteiger partial charge in [-0.1, -0.05) is 12.1 Å². The third kappa shape index (κ3) is 0.708. The summed E-state index contributed by atoms with van der Waals surface area (Å²) in [7, 11) is 0. The van der Waals surface area contributed by atoms with Crippen molar-refractivity contribution in [3.8, 4) is 0 Å². The highest BCUT2D eigenvalue weighted by Crippen LogP contribution is 2.33. The molecular weight excluding hydrogens is 144 g/mol. The maximum absolute atomic E-state index is 4.15. The highest BCUT2D eigenvalue weighted by molar-refractivity contribution is 7.58. The molecule has 1 heterocycles. The molecule has 0 spiro atoms. The second-order valence-electron chi connectivity index (χ2n) is 2.21. The zero-order chi connectivity index (χ0) is 6.97. The van der Waals surface area contributed by atoms with Crippen LogP contribution in [0.5, 0.6) is 0 Å². The van der Waals surface area contributed by atoms with Gasteiger partial charge < -0.3 is 0 Å². The van der Waals surface area contributed by atoms with Gasteiger partial charge in [0.05, 0.1) is 11.4 Å². The zero-order valence-electron chi connectivity index (χ0n) is 5.53. The van der Waals surface area contributed by atoms with Crippen molar-refractivity contribution in [3.63, 3.8) is 0 Å². The summed E-state index contributed by atoms with van der Waals surface area (Å²) in [6, 6.07) is 6.02. The van der Waals surface area contributed by atoms with E-state index in [0.717, 1.165) is 11.4 Å². The van der Waals surface area contributed by atoms with E-state index in [2.05, 4.69) is 8.73 Å². The molecule has 0 N–H and O–H groups in total. The van der Waals surface area contributed by atoms with Crippen molar-refractivity contribution < 1.29 is 0 Å². The molecule has 0 aromatic heterocycles. The van der Waals surface area contributed by atoms with Gasteiger partial charge in [0, 0.05) is 0 Å². The zero-order valence-corrected chi connectivity index (χ0v) is 6.35. The van der Waals surface area contributed by atoms with Crippen molar-refractivity contribution >= 4 is 22.7 Å². The molecule has 1 aromatic carbocycles. The SMILES string of the molecule is Cc1cccc2c1N=S=N2. The molecule has 2 rings (SSSR count). The van der Waals surface area contributed by atoms with E-state index in [1.165, 1.54) is 16.9 Å². The Labute approximate surface area is 62.8 Å². The predicted molar refractivity (Wildman–Crippen MR) is 42.7 cm³/mol. The normalized spacial score (nSPS) is 12.9. The van der Waals surface area contributed by atoms with Gasteiger partial charge in [-0.25, -0.2) is 0 Å². The molecule has 0 bridgehead atoms. The average Bonchev–Trinajstić information content (AvgIpc) is 2.36. The first-order valence-electron chi connectivity index (χ1n) is 3.06. The van der Waals surface area contributed by atoms with Gasteiger partial charge in [0.15, 0.2) is 0 Å². The fraction of sp³-hybridized carbons (Fsp3) is 0.143. The molecule has 0 saturated carbocycles. The Morgan fingerprint density at radius 3 is 3.00 bits per heavy atom. The van der Waals surface area contributed by atoms with Gasteiger partial charge in [-0.3, -0.25) is 0 Å². The minimum absolute atomic E-state index is 1.00. The number of fused-ring (bicyclic) bond motifs is 1. The van der Waals surface area contributed by atoms with Gasteiger partial charge in [-0.15, -0.1) is 0 Å². The van der Waals surface area contributed by atoms with Gasteiger partial charge in [-0.2, -0.15) is 8.73 Å². The molecule has 10 heavy (non-hydrogen) atoms. The minimum atomic E-state index is 1.00. The molecule has 50 valence electrons. The van der Waals surface area contributed by atoms with Crippen LogP contribution >= 0.6 is 0 Å². The van der Waals surface area contributed by atoms with Crippen LogP contribution in [-0.2, 0) is 11.4 Å².